The summed E-state index contributed by atoms with van der Waals surface area (Å²) in [5, 5.41) is 0. The summed E-state index contributed by atoms with van der Waals surface area (Å²) >= 11 is 0. The lowest BCUT2D eigenvalue weighted by atomic mass is 10.2. The van der Waals surface area contributed by atoms with E-state index in [1.54, 1.807) is 18.3 Å². The smallest absolute Gasteiger partial charge is 0.294 e. The third-order valence-electron chi connectivity index (χ3n) is 1.91. The summed E-state index contributed by atoms with van der Waals surface area (Å²) < 4.78 is 29.6. The summed E-state index contributed by atoms with van der Waals surface area (Å²) in [6, 6.07) is 5.99. The van der Waals surface area contributed by atoms with Crippen molar-refractivity contribution in [1.29, 1.82) is 0 Å². The van der Waals surface area contributed by atoms with Crippen molar-refractivity contribution in [1.82, 2.24) is 0 Å². The molecule has 0 atom stereocenters. The molecule has 0 bridgehead atoms. The van der Waals surface area contributed by atoms with Gasteiger partial charge in [0.05, 0.1) is 4.90 Å². The van der Waals surface area contributed by atoms with E-state index in [-0.39, 0.29) is 4.90 Å². The molecular weight excluding hydrogens is 238 g/mol. The molecule has 1 rings (SSSR count). The van der Waals surface area contributed by atoms with Gasteiger partial charge in [-0.15, -0.1) is 0 Å². The third-order valence-corrected chi connectivity index (χ3v) is 2.78. The fourth-order valence-electron chi connectivity index (χ4n) is 0.973. The number of hydrogen-bond donors (Lipinski definition) is 2. The van der Waals surface area contributed by atoms with Crippen LogP contribution in [0.3, 0.4) is 0 Å². The van der Waals surface area contributed by atoms with Crippen molar-refractivity contribution in [2.75, 3.05) is 0 Å². The second-order valence-corrected chi connectivity index (χ2v) is 4.93. The molecule has 0 unspecified atom stereocenters. The molecule has 0 fully saturated rings. The molecule has 1 aromatic carbocycles. The molecule has 0 aliphatic heterocycles. The zero-order chi connectivity index (χ0) is 13.3. The Balaban J connectivity index is 0.000000366. The van der Waals surface area contributed by atoms with Crippen LogP contribution in [0.1, 0.15) is 25.3 Å². The van der Waals surface area contributed by atoms with Gasteiger partial charge in [0.2, 0.25) is 0 Å². The van der Waals surface area contributed by atoms with Crippen LogP contribution in [0.25, 0.3) is 0 Å². The Labute approximate surface area is 103 Å². The zero-order valence-corrected chi connectivity index (χ0v) is 10.9. The predicted molar refractivity (Wildman–Crippen MR) is 69.2 cm³/mol. The Morgan fingerprint density at radius 2 is 1.82 bits per heavy atom. The summed E-state index contributed by atoms with van der Waals surface area (Å²) in [7, 11) is -4.02. The number of benzene rings is 1. The number of unbranched alkanes of at least 4 members (excludes halogenated alkanes) is 1. The van der Waals surface area contributed by atoms with Gasteiger partial charge in [-0.25, -0.2) is 0 Å². The largest absolute Gasteiger partial charge is 0.405 e. The van der Waals surface area contributed by atoms with Crippen LogP contribution in [0.4, 0.5) is 0 Å². The SMILES string of the molecule is CCCC=CN.Cc1ccc(S(=O)(=O)O)cc1. The van der Waals surface area contributed by atoms with E-state index in [0.29, 0.717) is 0 Å². The number of rotatable bonds is 3. The van der Waals surface area contributed by atoms with E-state index >= 15 is 0 Å². The van der Waals surface area contributed by atoms with Gasteiger partial charge in [-0.05, 0) is 31.7 Å². The van der Waals surface area contributed by atoms with Gasteiger partial charge in [0, 0.05) is 0 Å². The minimum atomic E-state index is -4.02. The maximum atomic E-state index is 10.5. The van der Waals surface area contributed by atoms with Crippen molar-refractivity contribution >= 4 is 10.1 Å². The molecular formula is C12H19NO3S. The lowest BCUT2D eigenvalue weighted by Crippen LogP contribution is -1.96. The summed E-state index contributed by atoms with van der Waals surface area (Å²) in [5.74, 6) is 0. The summed E-state index contributed by atoms with van der Waals surface area (Å²) in [6.07, 6.45) is 5.84. The molecule has 0 aliphatic rings. The molecule has 0 aliphatic carbocycles. The summed E-state index contributed by atoms with van der Waals surface area (Å²) in [6.45, 7) is 3.97. The highest BCUT2D eigenvalue weighted by Crippen LogP contribution is 2.08. The first kappa shape index (κ1) is 15.7. The van der Waals surface area contributed by atoms with Gasteiger partial charge in [0.15, 0.2) is 0 Å². The Bertz CT molecular complexity index is 435. The summed E-state index contributed by atoms with van der Waals surface area (Å²) in [5.41, 5.74) is 5.99. The van der Waals surface area contributed by atoms with E-state index in [2.05, 4.69) is 6.92 Å². The zero-order valence-electron chi connectivity index (χ0n) is 10.1. The maximum absolute atomic E-state index is 10.5. The van der Waals surface area contributed by atoms with Gasteiger partial charge in [0.1, 0.15) is 0 Å². The van der Waals surface area contributed by atoms with Crippen molar-refractivity contribution in [2.45, 2.75) is 31.6 Å². The van der Waals surface area contributed by atoms with E-state index in [0.717, 1.165) is 12.0 Å². The molecule has 0 saturated carbocycles. The maximum Gasteiger partial charge on any atom is 0.294 e. The highest BCUT2D eigenvalue weighted by atomic mass is 32.2. The van der Waals surface area contributed by atoms with Gasteiger partial charge in [0.25, 0.3) is 10.1 Å². The lowest BCUT2D eigenvalue weighted by molar-refractivity contribution is 0.483. The first-order valence-electron chi connectivity index (χ1n) is 5.32. The van der Waals surface area contributed by atoms with Gasteiger partial charge < -0.3 is 5.73 Å². The summed E-state index contributed by atoms with van der Waals surface area (Å²) in [4.78, 5) is -0.0666. The standard InChI is InChI=1S/C7H8O3S.C5H11N/c1-6-2-4-7(5-3-6)11(8,9)10;1-2-3-4-5-6/h2-5H,1H3,(H,8,9,10);4-5H,2-3,6H2,1H3. The fourth-order valence-corrected chi connectivity index (χ4v) is 1.45. The quantitative estimate of drug-likeness (QED) is 0.815. The highest BCUT2D eigenvalue weighted by Gasteiger charge is 2.06. The van der Waals surface area contributed by atoms with Crippen molar-refractivity contribution < 1.29 is 13.0 Å². The molecule has 96 valence electrons. The van der Waals surface area contributed by atoms with Crippen LogP contribution in [0.2, 0.25) is 0 Å². The first-order valence-corrected chi connectivity index (χ1v) is 6.76. The Morgan fingerprint density at radius 3 is 2.12 bits per heavy atom. The highest BCUT2D eigenvalue weighted by molar-refractivity contribution is 7.85. The van der Waals surface area contributed by atoms with Crippen molar-refractivity contribution in [3.63, 3.8) is 0 Å². The second kappa shape index (κ2) is 7.86. The van der Waals surface area contributed by atoms with Crippen LogP contribution in [0.5, 0.6) is 0 Å². The fraction of sp³-hybridized carbons (Fsp3) is 0.333. The molecule has 4 nitrogen and oxygen atoms in total. The Hall–Kier alpha value is -1.33. The molecule has 1 aromatic rings. The lowest BCUT2D eigenvalue weighted by Gasteiger charge is -1.95. The van der Waals surface area contributed by atoms with Gasteiger partial charge in [-0.3, -0.25) is 4.55 Å². The molecule has 17 heavy (non-hydrogen) atoms. The second-order valence-electron chi connectivity index (χ2n) is 3.50. The van der Waals surface area contributed by atoms with Crippen molar-refractivity contribution in [2.24, 2.45) is 5.73 Å². The van der Waals surface area contributed by atoms with Crippen molar-refractivity contribution in [3.8, 4) is 0 Å². The molecule has 0 spiro atoms. The third kappa shape index (κ3) is 7.54. The van der Waals surface area contributed by atoms with Gasteiger partial charge >= 0.3 is 0 Å². The van der Waals surface area contributed by atoms with E-state index in [1.165, 1.54) is 18.6 Å². The van der Waals surface area contributed by atoms with E-state index < -0.39 is 10.1 Å². The van der Waals surface area contributed by atoms with Crippen LogP contribution in [-0.4, -0.2) is 13.0 Å². The van der Waals surface area contributed by atoms with Gasteiger partial charge in [-0.1, -0.05) is 37.1 Å². The number of nitrogens with two attached hydrogens (primary N) is 1. The molecule has 0 saturated heterocycles. The average Bonchev–Trinajstić information content (AvgIpc) is 2.26. The molecule has 3 N–H and O–H groups in total. The predicted octanol–water partition coefficient (Wildman–Crippen LogP) is 2.50. The number of aryl methyl sites for hydroxylation is 1. The topological polar surface area (TPSA) is 80.4 Å². The van der Waals surface area contributed by atoms with E-state index in [9.17, 15) is 8.42 Å². The van der Waals surface area contributed by atoms with Crippen LogP contribution < -0.4 is 5.73 Å². The molecule has 0 radical (unpaired) electrons. The normalized spacial score (nSPS) is 11.0. The minimum Gasteiger partial charge on any atom is -0.405 e. The van der Waals surface area contributed by atoms with Crippen LogP contribution in [0.15, 0.2) is 41.4 Å². The van der Waals surface area contributed by atoms with Crippen LogP contribution >= 0.6 is 0 Å². The van der Waals surface area contributed by atoms with Crippen LogP contribution in [0, 0.1) is 6.92 Å². The van der Waals surface area contributed by atoms with E-state index in [4.69, 9.17) is 10.3 Å². The van der Waals surface area contributed by atoms with Gasteiger partial charge in [-0.2, -0.15) is 8.42 Å². The molecule has 0 aromatic heterocycles. The number of hydrogen-bond acceptors (Lipinski definition) is 3. The Morgan fingerprint density at radius 1 is 1.29 bits per heavy atom. The monoisotopic (exact) mass is 257 g/mol. The number of allylic oxidation sites excluding steroid dienone is 1. The molecule has 0 heterocycles. The van der Waals surface area contributed by atoms with Crippen LogP contribution in [-0.2, 0) is 10.1 Å². The van der Waals surface area contributed by atoms with Crippen molar-refractivity contribution in [3.05, 3.63) is 42.1 Å². The molecule has 5 heteroatoms. The Kier molecular flexibility index (Phi) is 7.25. The van der Waals surface area contributed by atoms with E-state index in [1.807, 2.05) is 13.0 Å². The average molecular weight is 257 g/mol. The first-order chi connectivity index (χ1) is 7.91. The molecule has 0 amide bonds. The minimum absolute atomic E-state index is 0.0666.